The molecule has 0 aliphatic heterocycles. The Bertz CT molecular complexity index is 267. The van der Waals surface area contributed by atoms with Crippen molar-refractivity contribution in [3.8, 4) is 0 Å². The van der Waals surface area contributed by atoms with E-state index in [0.717, 1.165) is 0 Å². The molecular weight excluding hydrogens is 161 g/mol. The van der Waals surface area contributed by atoms with Gasteiger partial charge in [0.05, 0.1) is 5.69 Å². The van der Waals surface area contributed by atoms with Crippen molar-refractivity contribution in [1.29, 1.82) is 0 Å². The number of rotatable bonds is 2. The molecule has 0 bridgehead atoms. The minimum Gasteiger partial charge on any atom is -0.381 e. The van der Waals surface area contributed by atoms with E-state index in [1.807, 2.05) is 0 Å². The van der Waals surface area contributed by atoms with Crippen LogP contribution in [0.25, 0.3) is 0 Å². The normalized spacial score (nSPS) is 10.2. The third-order valence-electron chi connectivity index (χ3n) is 1.36. The first kappa shape index (κ1) is 8.86. The molecule has 0 amide bonds. The smallest absolute Gasteiger partial charge is 0.186 e. The fourth-order valence-electron chi connectivity index (χ4n) is 0.835. The highest BCUT2D eigenvalue weighted by Gasteiger charge is 2.07. The van der Waals surface area contributed by atoms with Crippen LogP contribution in [0, 0.1) is 12.7 Å². The quantitative estimate of drug-likeness (QED) is 0.709. The van der Waals surface area contributed by atoms with E-state index < -0.39 is 5.82 Å². The van der Waals surface area contributed by atoms with Crippen LogP contribution in [0.3, 0.4) is 0 Å². The van der Waals surface area contributed by atoms with Crippen molar-refractivity contribution in [3.63, 3.8) is 0 Å². The summed E-state index contributed by atoms with van der Waals surface area (Å²) in [4.78, 5) is 7.52. The monoisotopic (exact) mass is 171 g/mol. The van der Waals surface area contributed by atoms with Crippen LogP contribution < -0.4 is 5.73 Å². The largest absolute Gasteiger partial charge is 0.381 e. The second-order valence-corrected chi connectivity index (χ2v) is 2.36. The Morgan fingerprint density at radius 3 is 2.67 bits per heavy atom. The Morgan fingerprint density at radius 1 is 1.50 bits per heavy atom. The van der Waals surface area contributed by atoms with Gasteiger partial charge in [-0.05, 0) is 6.92 Å². The Morgan fingerprint density at radius 2 is 2.17 bits per heavy atom. The summed E-state index contributed by atoms with van der Waals surface area (Å²) in [5.41, 5.74) is 5.52. The van der Waals surface area contributed by atoms with Gasteiger partial charge in [-0.25, -0.2) is 14.4 Å². The van der Waals surface area contributed by atoms with Gasteiger partial charge in [0.2, 0.25) is 0 Å². The number of halogens is 1. The molecule has 1 aromatic heterocycles. The van der Waals surface area contributed by atoms with Gasteiger partial charge in [0.25, 0.3) is 0 Å². The highest BCUT2D eigenvalue weighted by Crippen LogP contribution is 2.09. The Balaban J connectivity index is 3.04. The summed E-state index contributed by atoms with van der Waals surface area (Å²) in [6.45, 7) is 1.78. The van der Waals surface area contributed by atoms with Crippen LogP contribution in [-0.4, -0.2) is 17.1 Å². The van der Waals surface area contributed by atoms with Gasteiger partial charge in [0.15, 0.2) is 17.5 Å². The zero-order valence-corrected chi connectivity index (χ0v) is 6.97. The second kappa shape index (κ2) is 3.44. The molecule has 0 aliphatic carbocycles. The van der Waals surface area contributed by atoms with Gasteiger partial charge in [-0.3, -0.25) is 0 Å². The number of ether oxygens (including phenoxy) is 1. The summed E-state index contributed by atoms with van der Waals surface area (Å²) in [6.07, 6.45) is 0. The maximum absolute atomic E-state index is 12.9. The molecule has 5 heteroatoms. The lowest BCUT2D eigenvalue weighted by Gasteiger charge is -2.02. The lowest BCUT2D eigenvalue weighted by Crippen LogP contribution is -2.06. The molecule has 0 aliphatic rings. The molecule has 0 spiro atoms. The van der Waals surface area contributed by atoms with Crippen molar-refractivity contribution in [1.82, 2.24) is 9.97 Å². The number of hydrogen-bond acceptors (Lipinski definition) is 4. The van der Waals surface area contributed by atoms with Crippen LogP contribution in [0.15, 0.2) is 0 Å². The van der Waals surface area contributed by atoms with Gasteiger partial charge in [-0.15, -0.1) is 0 Å². The fourth-order valence-corrected chi connectivity index (χ4v) is 0.835. The van der Waals surface area contributed by atoms with Gasteiger partial charge < -0.3 is 10.5 Å². The number of hydrogen-bond donors (Lipinski definition) is 1. The summed E-state index contributed by atoms with van der Waals surface area (Å²) in [7, 11) is 1.51. The van der Waals surface area contributed by atoms with Crippen LogP contribution in [0.1, 0.15) is 11.5 Å². The van der Waals surface area contributed by atoms with E-state index in [1.54, 1.807) is 0 Å². The number of nitrogen functional groups attached to an aromatic ring is 1. The zero-order chi connectivity index (χ0) is 9.14. The summed E-state index contributed by atoms with van der Waals surface area (Å²) in [5.74, 6) is -0.293. The van der Waals surface area contributed by atoms with E-state index in [4.69, 9.17) is 10.5 Å². The van der Waals surface area contributed by atoms with Crippen molar-refractivity contribution >= 4 is 5.82 Å². The van der Waals surface area contributed by atoms with Crippen LogP contribution in [0.5, 0.6) is 0 Å². The topological polar surface area (TPSA) is 61.0 Å². The van der Waals surface area contributed by atoms with Crippen molar-refractivity contribution in [3.05, 3.63) is 17.3 Å². The molecular formula is C7H10FN3O. The van der Waals surface area contributed by atoms with Crippen LogP contribution in [0.4, 0.5) is 10.2 Å². The van der Waals surface area contributed by atoms with E-state index in [-0.39, 0.29) is 18.1 Å². The molecule has 0 radical (unpaired) electrons. The molecule has 12 heavy (non-hydrogen) atoms. The minimum absolute atomic E-state index is 0.130. The highest BCUT2D eigenvalue weighted by atomic mass is 19.1. The molecule has 1 aromatic rings. The third kappa shape index (κ3) is 1.68. The van der Waals surface area contributed by atoms with Crippen molar-refractivity contribution in [2.75, 3.05) is 12.8 Å². The molecule has 0 saturated heterocycles. The molecule has 1 heterocycles. The zero-order valence-electron chi connectivity index (χ0n) is 6.97. The molecule has 0 saturated carbocycles. The van der Waals surface area contributed by atoms with Gasteiger partial charge >= 0.3 is 0 Å². The van der Waals surface area contributed by atoms with E-state index >= 15 is 0 Å². The first-order valence-electron chi connectivity index (χ1n) is 3.42. The number of aromatic nitrogens is 2. The molecule has 0 atom stereocenters. The third-order valence-corrected chi connectivity index (χ3v) is 1.36. The van der Waals surface area contributed by atoms with Crippen LogP contribution in [-0.2, 0) is 11.3 Å². The van der Waals surface area contributed by atoms with Crippen molar-refractivity contribution in [2.45, 2.75) is 13.5 Å². The Kier molecular flexibility index (Phi) is 2.54. The number of methoxy groups -OCH3 is 1. The first-order chi connectivity index (χ1) is 5.65. The SMILES string of the molecule is COCc1nc(C)c(F)c(N)n1. The first-order valence-corrected chi connectivity index (χ1v) is 3.42. The number of nitrogens with two attached hydrogens (primary N) is 1. The van der Waals surface area contributed by atoms with E-state index in [1.165, 1.54) is 14.0 Å². The molecule has 0 unspecified atom stereocenters. The Hall–Kier alpha value is -1.23. The van der Waals surface area contributed by atoms with Crippen molar-refractivity contribution < 1.29 is 9.13 Å². The lowest BCUT2D eigenvalue weighted by atomic mass is 10.4. The molecule has 0 aromatic carbocycles. The maximum Gasteiger partial charge on any atom is 0.186 e. The number of anilines is 1. The highest BCUT2D eigenvalue weighted by molar-refractivity contribution is 5.31. The van der Waals surface area contributed by atoms with Gasteiger partial charge in [-0.1, -0.05) is 0 Å². The molecule has 4 nitrogen and oxygen atoms in total. The summed E-state index contributed by atoms with van der Waals surface area (Å²) in [5, 5.41) is 0. The molecule has 2 N–H and O–H groups in total. The molecule has 1 rings (SSSR count). The lowest BCUT2D eigenvalue weighted by molar-refractivity contribution is 0.177. The summed E-state index contributed by atoms with van der Waals surface area (Å²) in [6, 6.07) is 0. The van der Waals surface area contributed by atoms with Gasteiger partial charge in [0, 0.05) is 7.11 Å². The number of aryl methyl sites for hydroxylation is 1. The number of nitrogens with zero attached hydrogens (tertiary/aromatic N) is 2. The predicted molar refractivity (Wildman–Crippen MR) is 41.9 cm³/mol. The average molecular weight is 171 g/mol. The average Bonchev–Trinajstić information content (AvgIpc) is 2.01. The van der Waals surface area contributed by atoms with Crippen LogP contribution >= 0.6 is 0 Å². The summed E-state index contributed by atoms with van der Waals surface area (Å²) < 4.78 is 17.6. The minimum atomic E-state index is -0.560. The summed E-state index contributed by atoms with van der Waals surface area (Å²) >= 11 is 0. The van der Waals surface area contributed by atoms with E-state index in [9.17, 15) is 4.39 Å². The van der Waals surface area contributed by atoms with Gasteiger partial charge in [0.1, 0.15) is 6.61 Å². The standard InChI is InChI=1S/C7H10FN3O/c1-4-6(8)7(9)11-5(10-4)3-12-2/h3H2,1-2H3,(H2,9,10,11). The second-order valence-electron chi connectivity index (χ2n) is 2.36. The predicted octanol–water partition coefficient (Wildman–Crippen LogP) is 0.653. The fraction of sp³-hybridized carbons (Fsp3) is 0.429. The van der Waals surface area contributed by atoms with Crippen LogP contribution in [0.2, 0.25) is 0 Å². The molecule has 66 valence electrons. The van der Waals surface area contributed by atoms with Gasteiger partial charge in [-0.2, -0.15) is 0 Å². The Labute approximate surface area is 69.6 Å². The maximum atomic E-state index is 12.9. The van der Waals surface area contributed by atoms with Crippen molar-refractivity contribution in [2.24, 2.45) is 0 Å². The van der Waals surface area contributed by atoms with E-state index in [0.29, 0.717) is 5.82 Å². The molecule has 0 fully saturated rings. The van der Waals surface area contributed by atoms with E-state index in [2.05, 4.69) is 9.97 Å².